The summed E-state index contributed by atoms with van der Waals surface area (Å²) in [5, 5.41) is 2.13. The smallest absolute Gasteiger partial charge is 0.0652 e. The second-order valence-corrected chi connectivity index (χ2v) is 6.97. The molecule has 96 valence electrons. The van der Waals surface area contributed by atoms with Gasteiger partial charge in [-0.1, -0.05) is 35.8 Å². The molecule has 1 heterocycles. The molecule has 2 atom stereocenters. The first-order chi connectivity index (χ1) is 8.23. The van der Waals surface area contributed by atoms with E-state index in [0.29, 0.717) is 16.3 Å². The van der Waals surface area contributed by atoms with Crippen LogP contribution in [0.3, 0.4) is 0 Å². The quantitative estimate of drug-likeness (QED) is 0.694. The van der Waals surface area contributed by atoms with E-state index in [0.717, 1.165) is 13.0 Å². The van der Waals surface area contributed by atoms with Crippen LogP contribution in [0.2, 0.25) is 0 Å². The van der Waals surface area contributed by atoms with E-state index < -0.39 is 0 Å². The molecule has 0 saturated heterocycles. The lowest BCUT2D eigenvalue weighted by atomic mass is 9.62. The van der Waals surface area contributed by atoms with Crippen LogP contribution in [0.25, 0.3) is 0 Å². The van der Waals surface area contributed by atoms with Crippen molar-refractivity contribution in [2.75, 3.05) is 6.61 Å². The van der Waals surface area contributed by atoms with Crippen LogP contribution in [0.1, 0.15) is 38.0 Å². The van der Waals surface area contributed by atoms with E-state index in [-0.39, 0.29) is 0 Å². The average molecular weight is 317 g/mol. The SMILES string of the molecule is CCC1(CC)C(Br)CC1OCCc1cccs1. The lowest BCUT2D eigenvalue weighted by molar-refractivity contribution is -0.107. The maximum atomic E-state index is 6.10. The number of hydrogen-bond acceptors (Lipinski definition) is 2. The van der Waals surface area contributed by atoms with E-state index >= 15 is 0 Å². The van der Waals surface area contributed by atoms with Crippen LogP contribution in [0.15, 0.2) is 17.5 Å². The molecular formula is C14H21BrOS. The summed E-state index contributed by atoms with van der Waals surface area (Å²) in [6, 6.07) is 4.30. The molecule has 1 saturated carbocycles. The van der Waals surface area contributed by atoms with Crippen molar-refractivity contribution >= 4 is 27.3 Å². The van der Waals surface area contributed by atoms with Crippen LogP contribution >= 0.6 is 27.3 Å². The predicted molar refractivity (Wildman–Crippen MR) is 78.1 cm³/mol. The zero-order valence-corrected chi connectivity index (χ0v) is 13.0. The van der Waals surface area contributed by atoms with Crippen LogP contribution in [0.4, 0.5) is 0 Å². The molecular weight excluding hydrogens is 296 g/mol. The first-order valence-electron chi connectivity index (χ1n) is 6.51. The van der Waals surface area contributed by atoms with Crippen LogP contribution in [0, 0.1) is 5.41 Å². The first-order valence-corrected chi connectivity index (χ1v) is 8.30. The van der Waals surface area contributed by atoms with Gasteiger partial charge in [-0.15, -0.1) is 11.3 Å². The highest BCUT2D eigenvalue weighted by atomic mass is 79.9. The fourth-order valence-corrected chi connectivity index (χ4v) is 4.81. The summed E-state index contributed by atoms with van der Waals surface area (Å²) in [6.45, 7) is 5.44. The van der Waals surface area contributed by atoms with Gasteiger partial charge in [0.25, 0.3) is 0 Å². The number of alkyl halides is 1. The van der Waals surface area contributed by atoms with E-state index in [4.69, 9.17) is 4.74 Å². The molecule has 1 aliphatic carbocycles. The Morgan fingerprint density at radius 2 is 2.24 bits per heavy atom. The maximum absolute atomic E-state index is 6.10. The molecule has 1 nitrogen and oxygen atoms in total. The van der Waals surface area contributed by atoms with E-state index in [9.17, 15) is 0 Å². The zero-order valence-electron chi connectivity index (χ0n) is 10.6. The highest BCUT2D eigenvalue weighted by Gasteiger charge is 2.51. The maximum Gasteiger partial charge on any atom is 0.0652 e. The molecule has 0 spiro atoms. The molecule has 2 unspecified atom stereocenters. The predicted octanol–water partition coefficient (Wildman–Crippen LogP) is 4.65. The summed E-state index contributed by atoms with van der Waals surface area (Å²) < 4.78 is 6.10. The van der Waals surface area contributed by atoms with Gasteiger partial charge in [-0.2, -0.15) is 0 Å². The zero-order chi connectivity index (χ0) is 12.3. The van der Waals surface area contributed by atoms with Crippen molar-refractivity contribution in [3.63, 3.8) is 0 Å². The summed E-state index contributed by atoms with van der Waals surface area (Å²) in [6.07, 6.45) is 5.12. The molecule has 1 aromatic rings. The van der Waals surface area contributed by atoms with Gasteiger partial charge < -0.3 is 4.74 Å². The van der Waals surface area contributed by atoms with E-state index in [2.05, 4.69) is 47.3 Å². The Morgan fingerprint density at radius 1 is 1.47 bits per heavy atom. The summed E-state index contributed by atoms with van der Waals surface area (Å²) in [5.41, 5.74) is 0.384. The minimum Gasteiger partial charge on any atom is -0.377 e. The molecule has 0 amide bonds. The minimum absolute atomic E-state index is 0.384. The standard InChI is InChI=1S/C14H21BrOS/c1-3-14(4-2)12(15)10-13(14)16-8-7-11-6-5-9-17-11/h5-6,9,12-13H,3-4,7-8,10H2,1-2H3. The molecule has 0 aliphatic heterocycles. The highest BCUT2D eigenvalue weighted by molar-refractivity contribution is 9.09. The molecule has 17 heavy (non-hydrogen) atoms. The Hall–Kier alpha value is 0.140. The van der Waals surface area contributed by atoms with E-state index in [1.807, 2.05) is 11.3 Å². The average Bonchev–Trinajstić information content (AvgIpc) is 2.83. The summed E-state index contributed by atoms with van der Waals surface area (Å²) in [7, 11) is 0. The molecule has 1 aliphatic rings. The topological polar surface area (TPSA) is 9.23 Å². The van der Waals surface area contributed by atoms with Gasteiger partial charge in [0.1, 0.15) is 0 Å². The molecule has 3 heteroatoms. The number of halogens is 1. The number of ether oxygens (including phenoxy) is 1. The Kier molecular flexibility index (Phi) is 4.67. The lowest BCUT2D eigenvalue weighted by Crippen LogP contribution is -2.55. The molecule has 2 rings (SSSR count). The second kappa shape index (κ2) is 5.85. The van der Waals surface area contributed by atoms with E-state index in [1.165, 1.54) is 24.1 Å². The highest BCUT2D eigenvalue weighted by Crippen LogP contribution is 2.52. The third kappa shape index (κ3) is 2.61. The molecule has 0 bridgehead atoms. The van der Waals surface area contributed by atoms with Crippen LogP contribution in [-0.2, 0) is 11.2 Å². The van der Waals surface area contributed by atoms with Gasteiger partial charge in [0, 0.05) is 21.5 Å². The van der Waals surface area contributed by atoms with Gasteiger partial charge in [-0.05, 0) is 30.7 Å². The lowest BCUT2D eigenvalue weighted by Gasteiger charge is -2.53. The van der Waals surface area contributed by atoms with Crippen molar-refractivity contribution in [1.29, 1.82) is 0 Å². The van der Waals surface area contributed by atoms with Crippen molar-refractivity contribution in [2.45, 2.75) is 50.5 Å². The van der Waals surface area contributed by atoms with Crippen molar-refractivity contribution < 1.29 is 4.74 Å². The Labute approximate surface area is 117 Å². The van der Waals surface area contributed by atoms with Crippen molar-refractivity contribution in [2.24, 2.45) is 5.41 Å². The second-order valence-electron chi connectivity index (χ2n) is 4.83. The van der Waals surface area contributed by atoms with Crippen molar-refractivity contribution in [3.8, 4) is 0 Å². The molecule has 0 radical (unpaired) electrons. The third-order valence-electron chi connectivity index (χ3n) is 4.25. The first kappa shape index (κ1) is 13.6. The Balaban J connectivity index is 1.80. The minimum atomic E-state index is 0.384. The normalized spacial score (nSPS) is 26.8. The number of thiophene rings is 1. The Morgan fingerprint density at radius 3 is 2.76 bits per heavy atom. The van der Waals surface area contributed by atoms with Gasteiger partial charge >= 0.3 is 0 Å². The van der Waals surface area contributed by atoms with Crippen LogP contribution in [0.5, 0.6) is 0 Å². The van der Waals surface area contributed by atoms with Gasteiger partial charge in [-0.3, -0.25) is 0 Å². The molecule has 1 aromatic heterocycles. The molecule has 1 fully saturated rings. The van der Waals surface area contributed by atoms with E-state index in [1.54, 1.807) is 0 Å². The van der Waals surface area contributed by atoms with Crippen molar-refractivity contribution in [3.05, 3.63) is 22.4 Å². The fourth-order valence-electron chi connectivity index (χ4n) is 2.84. The number of hydrogen-bond donors (Lipinski definition) is 0. The summed E-state index contributed by atoms with van der Waals surface area (Å²) in [4.78, 5) is 2.08. The Bertz CT molecular complexity index is 332. The van der Waals surface area contributed by atoms with Gasteiger partial charge in [0.05, 0.1) is 12.7 Å². The summed E-state index contributed by atoms with van der Waals surface area (Å²) >= 11 is 5.62. The van der Waals surface area contributed by atoms with Crippen LogP contribution in [-0.4, -0.2) is 17.5 Å². The summed E-state index contributed by atoms with van der Waals surface area (Å²) in [5.74, 6) is 0. The van der Waals surface area contributed by atoms with Crippen LogP contribution < -0.4 is 0 Å². The monoisotopic (exact) mass is 316 g/mol. The van der Waals surface area contributed by atoms with Crippen molar-refractivity contribution in [1.82, 2.24) is 0 Å². The molecule has 0 aromatic carbocycles. The fraction of sp³-hybridized carbons (Fsp3) is 0.714. The molecule has 0 N–H and O–H groups in total. The van der Waals surface area contributed by atoms with Gasteiger partial charge in [-0.25, -0.2) is 0 Å². The third-order valence-corrected chi connectivity index (χ3v) is 6.47. The van der Waals surface area contributed by atoms with Gasteiger partial charge in [0.15, 0.2) is 0 Å². The largest absolute Gasteiger partial charge is 0.377 e. The van der Waals surface area contributed by atoms with Gasteiger partial charge in [0.2, 0.25) is 0 Å². The number of rotatable bonds is 6.